The molecule has 0 radical (unpaired) electrons. The highest BCUT2D eigenvalue weighted by atomic mass is 79.9. The van der Waals surface area contributed by atoms with Crippen LogP contribution >= 0.6 is 31.9 Å². The van der Waals surface area contributed by atoms with Crippen molar-refractivity contribution in [1.82, 2.24) is 5.32 Å². The number of carbonyl (C=O) groups is 3. The molecule has 0 saturated carbocycles. The summed E-state index contributed by atoms with van der Waals surface area (Å²) in [6, 6.07) is 23.5. The van der Waals surface area contributed by atoms with Gasteiger partial charge in [-0.25, -0.2) is 9.69 Å². The second kappa shape index (κ2) is 13.8. The van der Waals surface area contributed by atoms with E-state index in [4.69, 9.17) is 14.2 Å². The Hall–Kier alpha value is -4.61. The first-order valence-electron chi connectivity index (χ1n) is 13.5. The average Bonchev–Trinajstić information content (AvgIpc) is 3.00. The predicted molar refractivity (Wildman–Crippen MR) is 172 cm³/mol. The summed E-state index contributed by atoms with van der Waals surface area (Å²) in [6.45, 7) is 3.02. The first-order valence-corrected chi connectivity index (χ1v) is 15.1. The minimum atomic E-state index is -0.878. The van der Waals surface area contributed by atoms with Crippen LogP contribution in [0, 0.1) is 0 Å². The van der Waals surface area contributed by atoms with Crippen LogP contribution in [0.3, 0.4) is 0 Å². The number of rotatable bonds is 10. The molecule has 1 aliphatic rings. The number of amides is 4. The summed E-state index contributed by atoms with van der Waals surface area (Å²) < 4.78 is 19.1. The molecule has 4 amide bonds. The van der Waals surface area contributed by atoms with Crippen molar-refractivity contribution in [2.75, 3.05) is 11.5 Å². The molecule has 2 N–H and O–H groups in total. The number of anilines is 1. The van der Waals surface area contributed by atoms with E-state index in [9.17, 15) is 19.5 Å². The van der Waals surface area contributed by atoms with Gasteiger partial charge in [0.25, 0.3) is 11.8 Å². The van der Waals surface area contributed by atoms with Crippen LogP contribution < -0.4 is 24.4 Å². The second-order valence-electron chi connectivity index (χ2n) is 9.56. The Morgan fingerprint density at radius 3 is 2.16 bits per heavy atom. The van der Waals surface area contributed by atoms with Gasteiger partial charge in [0.05, 0.1) is 21.2 Å². The Morgan fingerprint density at radius 2 is 1.48 bits per heavy atom. The third kappa shape index (κ3) is 7.12. The molecule has 0 bridgehead atoms. The van der Waals surface area contributed by atoms with Crippen LogP contribution in [0.5, 0.6) is 23.0 Å². The summed E-state index contributed by atoms with van der Waals surface area (Å²) >= 11 is 7.05. The Balaban J connectivity index is 1.31. The van der Waals surface area contributed by atoms with Gasteiger partial charge in [0, 0.05) is 0 Å². The lowest BCUT2D eigenvalue weighted by Gasteiger charge is -2.26. The van der Waals surface area contributed by atoms with E-state index in [2.05, 4.69) is 37.2 Å². The molecule has 4 aromatic carbocycles. The van der Waals surface area contributed by atoms with Crippen LogP contribution in [0.2, 0.25) is 0 Å². The number of ether oxygens (including phenoxy) is 3. The molecule has 11 heteroatoms. The van der Waals surface area contributed by atoms with E-state index < -0.39 is 17.8 Å². The molecule has 1 fully saturated rings. The van der Waals surface area contributed by atoms with Crippen LogP contribution in [0.15, 0.2) is 99.4 Å². The van der Waals surface area contributed by atoms with Gasteiger partial charge in [-0.2, -0.15) is 0 Å². The summed E-state index contributed by atoms with van der Waals surface area (Å²) in [5.41, 5.74) is 2.39. The molecule has 0 aliphatic carbocycles. The lowest BCUT2D eigenvalue weighted by atomic mass is 10.1. The summed E-state index contributed by atoms with van der Waals surface area (Å²) in [7, 11) is 0. The van der Waals surface area contributed by atoms with Gasteiger partial charge in [-0.3, -0.25) is 14.9 Å². The van der Waals surface area contributed by atoms with Crippen molar-refractivity contribution in [2.24, 2.45) is 0 Å². The molecule has 0 spiro atoms. The smallest absolute Gasteiger partial charge is 0.335 e. The van der Waals surface area contributed by atoms with Crippen molar-refractivity contribution < 1.29 is 33.7 Å². The minimum Gasteiger partial charge on any atom is -0.508 e. The minimum absolute atomic E-state index is 0.0259. The first-order chi connectivity index (χ1) is 21.2. The number of halogens is 2. The van der Waals surface area contributed by atoms with E-state index in [1.54, 1.807) is 12.1 Å². The maximum atomic E-state index is 13.2. The second-order valence-corrected chi connectivity index (χ2v) is 11.3. The molecule has 0 unspecified atom stereocenters. The van der Waals surface area contributed by atoms with Gasteiger partial charge < -0.3 is 19.3 Å². The number of hydrogen-bond acceptors (Lipinski definition) is 7. The number of hydrogen-bond donors (Lipinski definition) is 2. The molecule has 0 atom stereocenters. The fraction of sp³-hybridized carbons (Fsp3) is 0.121. The van der Waals surface area contributed by atoms with Crippen molar-refractivity contribution in [2.45, 2.75) is 20.1 Å². The molecule has 224 valence electrons. The Labute approximate surface area is 270 Å². The number of phenolic OH excluding ortho intramolecular Hbond substituents is 1. The summed E-state index contributed by atoms with van der Waals surface area (Å²) in [4.78, 5) is 39.1. The highest BCUT2D eigenvalue weighted by Crippen LogP contribution is 2.37. The number of nitrogens with zero attached hydrogens (tertiary/aromatic N) is 1. The lowest BCUT2D eigenvalue weighted by Crippen LogP contribution is -2.54. The fourth-order valence-electron chi connectivity index (χ4n) is 4.38. The fourth-order valence-corrected chi connectivity index (χ4v) is 5.83. The molecule has 5 rings (SSSR count). The van der Waals surface area contributed by atoms with Gasteiger partial charge in [0.2, 0.25) is 0 Å². The van der Waals surface area contributed by atoms with Gasteiger partial charge in [-0.05, 0) is 110 Å². The Morgan fingerprint density at radius 1 is 0.795 bits per heavy atom. The molecular formula is C33H26Br2N2O7. The van der Waals surface area contributed by atoms with Crippen molar-refractivity contribution >= 4 is 61.5 Å². The zero-order chi connectivity index (χ0) is 31.2. The molecule has 1 saturated heterocycles. The van der Waals surface area contributed by atoms with Gasteiger partial charge in [-0.1, -0.05) is 36.4 Å². The highest BCUT2D eigenvalue weighted by molar-refractivity contribution is 9.11. The van der Waals surface area contributed by atoms with Crippen molar-refractivity contribution in [3.63, 3.8) is 0 Å². The largest absolute Gasteiger partial charge is 0.508 e. The van der Waals surface area contributed by atoms with Gasteiger partial charge in [0.15, 0.2) is 11.5 Å². The van der Waals surface area contributed by atoms with Crippen LogP contribution in [0.25, 0.3) is 6.08 Å². The van der Waals surface area contributed by atoms with E-state index in [1.165, 1.54) is 30.3 Å². The van der Waals surface area contributed by atoms with Gasteiger partial charge in [0.1, 0.15) is 30.3 Å². The molecule has 0 aromatic heterocycles. The van der Waals surface area contributed by atoms with Crippen molar-refractivity contribution in [1.29, 1.82) is 0 Å². The number of benzene rings is 4. The van der Waals surface area contributed by atoms with E-state index >= 15 is 0 Å². The molecular weight excluding hydrogens is 696 g/mol. The monoisotopic (exact) mass is 720 g/mol. The van der Waals surface area contributed by atoms with Crippen LogP contribution in [0.1, 0.15) is 23.6 Å². The third-order valence-electron chi connectivity index (χ3n) is 6.47. The van der Waals surface area contributed by atoms with E-state index in [0.29, 0.717) is 45.0 Å². The zero-order valence-corrected chi connectivity index (χ0v) is 26.6. The summed E-state index contributed by atoms with van der Waals surface area (Å²) in [6.07, 6.45) is 1.39. The summed E-state index contributed by atoms with van der Waals surface area (Å²) in [5.74, 6) is 0.116. The van der Waals surface area contributed by atoms with Gasteiger partial charge in [-0.15, -0.1) is 0 Å². The average molecular weight is 722 g/mol. The number of phenols is 1. The molecule has 1 aliphatic heterocycles. The van der Waals surface area contributed by atoms with E-state index in [-0.39, 0.29) is 23.6 Å². The first kappa shape index (κ1) is 30.8. The third-order valence-corrected chi connectivity index (χ3v) is 7.65. The molecule has 1 heterocycles. The Bertz CT molecular complexity index is 1720. The van der Waals surface area contributed by atoms with E-state index in [1.807, 2.05) is 55.5 Å². The van der Waals surface area contributed by atoms with Crippen molar-refractivity contribution in [3.8, 4) is 23.0 Å². The SMILES string of the molecule is CCOc1cc(COc2c(Br)cc(/C=C3/C(=O)NC(=O)N(c4ccc(O)cc4)C3=O)cc2Br)ccc1OCc1ccccc1. The predicted octanol–water partition coefficient (Wildman–Crippen LogP) is 7.14. The number of aromatic hydroxyl groups is 1. The maximum Gasteiger partial charge on any atom is 0.335 e. The summed E-state index contributed by atoms with van der Waals surface area (Å²) in [5, 5.41) is 11.7. The highest BCUT2D eigenvalue weighted by Gasteiger charge is 2.36. The maximum absolute atomic E-state index is 13.2. The van der Waals surface area contributed by atoms with Crippen LogP contribution in [-0.2, 0) is 22.8 Å². The van der Waals surface area contributed by atoms with Crippen LogP contribution in [-0.4, -0.2) is 29.6 Å². The number of imide groups is 2. The lowest BCUT2D eigenvalue weighted by molar-refractivity contribution is -0.122. The Kier molecular flexibility index (Phi) is 9.66. The number of barbiturate groups is 1. The number of urea groups is 1. The standard InChI is InChI=1S/C33H26Br2N2O7/c1-2-42-29-17-21(8-13-28(29)43-18-20-6-4-3-5-7-20)19-44-30-26(34)15-22(16-27(30)35)14-25-31(39)36-33(41)37(32(25)40)23-9-11-24(38)12-10-23/h3-17,38H,2,18-19H2,1H3,(H,36,39,41)/b25-14-. The molecule has 44 heavy (non-hydrogen) atoms. The van der Waals surface area contributed by atoms with Gasteiger partial charge >= 0.3 is 6.03 Å². The normalized spacial score (nSPS) is 14.0. The zero-order valence-electron chi connectivity index (χ0n) is 23.4. The topological polar surface area (TPSA) is 114 Å². The number of carbonyl (C=O) groups excluding carboxylic acids is 3. The molecule has 4 aromatic rings. The number of nitrogens with one attached hydrogen (secondary N) is 1. The molecule has 9 nitrogen and oxygen atoms in total. The van der Waals surface area contributed by atoms with Crippen molar-refractivity contribution in [3.05, 3.63) is 116 Å². The van der Waals surface area contributed by atoms with E-state index in [0.717, 1.165) is 16.0 Å². The van der Waals surface area contributed by atoms with Crippen LogP contribution in [0.4, 0.5) is 10.5 Å². The quantitative estimate of drug-likeness (QED) is 0.132.